The van der Waals surface area contributed by atoms with Crippen LogP contribution in [0.3, 0.4) is 0 Å². The fourth-order valence-corrected chi connectivity index (χ4v) is 1.44. The molecule has 0 spiro atoms. The predicted molar refractivity (Wildman–Crippen MR) is 55.8 cm³/mol. The number of halogens is 2. The van der Waals surface area contributed by atoms with E-state index in [2.05, 4.69) is 15.9 Å². The van der Waals surface area contributed by atoms with Crippen LogP contribution in [0.25, 0.3) is 0 Å². The zero-order chi connectivity index (χ0) is 10.7. The Morgan fingerprint density at radius 3 is 2.64 bits per heavy atom. The quantitative estimate of drug-likeness (QED) is 0.908. The summed E-state index contributed by atoms with van der Waals surface area (Å²) in [5.41, 5.74) is 0.240. The minimum Gasteiger partial charge on any atom is -0.487 e. The van der Waals surface area contributed by atoms with Crippen LogP contribution in [0, 0.1) is 5.82 Å². The van der Waals surface area contributed by atoms with Gasteiger partial charge in [0.25, 0.3) is 0 Å². The van der Waals surface area contributed by atoms with E-state index in [1.165, 1.54) is 6.07 Å². The summed E-state index contributed by atoms with van der Waals surface area (Å²) in [6.45, 7) is 3.31. The highest BCUT2D eigenvalue weighted by Gasteiger charge is 2.13. The Balaban J connectivity index is 3.11. The van der Waals surface area contributed by atoms with Gasteiger partial charge in [0.1, 0.15) is 0 Å². The summed E-state index contributed by atoms with van der Waals surface area (Å²) in [6.07, 6.45) is -0.102. The maximum Gasteiger partial charge on any atom is 0.171 e. The molecular weight excluding hydrogens is 251 g/mol. The lowest BCUT2D eigenvalue weighted by Crippen LogP contribution is -2.08. The SMILES string of the molecule is CC(C)Oc1c(Br)ccc(CO)c1F. The standard InChI is InChI=1S/C10H12BrFO2/c1-6(2)14-10-8(11)4-3-7(5-13)9(10)12/h3-4,6,13H,5H2,1-2H3. The average Bonchev–Trinajstić information content (AvgIpc) is 2.12. The highest BCUT2D eigenvalue weighted by Crippen LogP contribution is 2.31. The number of aliphatic hydroxyl groups excluding tert-OH is 1. The van der Waals surface area contributed by atoms with Crippen LogP contribution in [0.5, 0.6) is 5.75 Å². The van der Waals surface area contributed by atoms with Gasteiger partial charge in [-0.2, -0.15) is 0 Å². The van der Waals surface area contributed by atoms with Gasteiger partial charge in [-0.1, -0.05) is 6.07 Å². The molecule has 0 aromatic heterocycles. The van der Waals surface area contributed by atoms with Crippen molar-refractivity contribution in [1.82, 2.24) is 0 Å². The smallest absolute Gasteiger partial charge is 0.171 e. The van der Waals surface area contributed by atoms with Crippen molar-refractivity contribution in [2.24, 2.45) is 0 Å². The zero-order valence-electron chi connectivity index (χ0n) is 8.05. The first-order chi connectivity index (χ1) is 6.56. The van der Waals surface area contributed by atoms with E-state index in [1.807, 2.05) is 13.8 Å². The second-order valence-corrected chi connectivity index (χ2v) is 4.03. The van der Waals surface area contributed by atoms with Crippen molar-refractivity contribution < 1.29 is 14.2 Å². The van der Waals surface area contributed by atoms with Gasteiger partial charge in [-0.25, -0.2) is 4.39 Å². The Labute approximate surface area is 90.8 Å². The van der Waals surface area contributed by atoms with E-state index in [4.69, 9.17) is 9.84 Å². The molecule has 78 valence electrons. The van der Waals surface area contributed by atoms with Crippen molar-refractivity contribution in [3.8, 4) is 5.75 Å². The molecule has 1 aromatic carbocycles. The van der Waals surface area contributed by atoms with Gasteiger partial charge in [-0.05, 0) is 35.8 Å². The van der Waals surface area contributed by atoms with Gasteiger partial charge >= 0.3 is 0 Å². The summed E-state index contributed by atoms with van der Waals surface area (Å²) in [6, 6.07) is 3.18. The van der Waals surface area contributed by atoms with Crippen molar-refractivity contribution in [2.75, 3.05) is 0 Å². The van der Waals surface area contributed by atoms with E-state index < -0.39 is 5.82 Å². The van der Waals surface area contributed by atoms with Gasteiger partial charge in [-0.15, -0.1) is 0 Å². The molecule has 1 rings (SSSR count). The maximum absolute atomic E-state index is 13.6. The molecule has 1 N–H and O–H groups in total. The van der Waals surface area contributed by atoms with Crippen molar-refractivity contribution in [3.05, 3.63) is 28.0 Å². The van der Waals surface area contributed by atoms with E-state index in [0.717, 1.165) is 0 Å². The first-order valence-corrected chi connectivity index (χ1v) is 5.10. The molecule has 0 saturated carbocycles. The predicted octanol–water partition coefficient (Wildman–Crippen LogP) is 2.87. The summed E-state index contributed by atoms with van der Waals surface area (Å²) < 4.78 is 19.4. The Kier molecular flexibility index (Phi) is 3.89. The van der Waals surface area contributed by atoms with Gasteiger partial charge in [-0.3, -0.25) is 0 Å². The highest BCUT2D eigenvalue weighted by molar-refractivity contribution is 9.10. The lowest BCUT2D eigenvalue weighted by molar-refractivity contribution is 0.224. The third-order valence-corrected chi connectivity index (χ3v) is 2.28. The molecule has 0 amide bonds. The third kappa shape index (κ3) is 2.45. The summed E-state index contributed by atoms with van der Waals surface area (Å²) in [7, 11) is 0. The Morgan fingerprint density at radius 1 is 1.50 bits per heavy atom. The van der Waals surface area contributed by atoms with Crippen molar-refractivity contribution in [3.63, 3.8) is 0 Å². The molecule has 2 nitrogen and oxygen atoms in total. The third-order valence-electron chi connectivity index (χ3n) is 1.65. The lowest BCUT2D eigenvalue weighted by atomic mass is 10.2. The molecule has 0 aliphatic rings. The van der Waals surface area contributed by atoms with Crippen LogP contribution in [-0.4, -0.2) is 11.2 Å². The molecule has 0 radical (unpaired) electrons. The molecule has 0 unspecified atom stereocenters. The molecule has 0 aliphatic carbocycles. The zero-order valence-corrected chi connectivity index (χ0v) is 9.64. The van der Waals surface area contributed by atoms with Crippen LogP contribution in [0.4, 0.5) is 4.39 Å². The average molecular weight is 263 g/mol. The largest absolute Gasteiger partial charge is 0.487 e. The minimum atomic E-state index is -0.504. The molecule has 4 heteroatoms. The van der Waals surface area contributed by atoms with Gasteiger partial charge in [0.15, 0.2) is 11.6 Å². The van der Waals surface area contributed by atoms with Crippen molar-refractivity contribution in [2.45, 2.75) is 26.6 Å². The fourth-order valence-electron chi connectivity index (χ4n) is 1.04. The van der Waals surface area contributed by atoms with Crippen LogP contribution >= 0.6 is 15.9 Å². The van der Waals surface area contributed by atoms with Gasteiger partial charge < -0.3 is 9.84 Å². The molecule has 1 aromatic rings. The molecule has 0 saturated heterocycles. The minimum absolute atomic E-state index is 0.102. The number of aliphatic hydroxyl groups is 1. The first-order valence-electron chi connectivity index (χ1n) is 4.30. The van der Waals surface area contributed by atoms with Crippen LogP contribution < -0.4 is 4.74 Å². The molecule has 14 heavy (non-hydrogen) atoms. The van der Waals surface area contributed by atoms with E-state index in [9.17, 15) is 4.39 Å². The first kappa shape index (κ1) is 11.5. The summed E-state index contributed by atoms with van der Waals surface area (Å²) in [5.74, 6) is -0.345. The molecule has 0 fully saturated rings. The van der Waals surface area contributed by atoms with E-state index in [-0.39, 0.29) is 24.0 Å². The van der Waals surface area contributed by atoms with Crippen LogP contribution in [0.2, 0.25) is 0 Å². The fraction of sp³-hybridized carbons (Fsp3) is 0.400. The number of hydrogen-bond donors (Lipinski definition) is 1. The van der Waals surface area contributed by atoms with Crippen LogP contribution in [-0.2, 0) is 6.61 Å². The van der Waals surface area contributed by atoms with E-state index in [1.54, 1.807) is 6.07 Å². The monoisotopic (exact) mass is 262 g/mol. The Morgan fingerprint density at radius 2 is 2.14 bits per heavy atom. The topological polar surface area (TPSA) is 29.5 Å². The molecule has 0 aliphatic heterocycles. The normalized spacial score (nSPS) is 10.7. The Hall–Kier alpha value is -0.610. The van der Waals surface area contributed by atoms with Crippen LogP contribution in [0.1, 0.15) is 19.4 Å². The summed E-state index contributed by atoms with van der Waals surface area (Å²) in [5, 5.41) is 8.86. The van der Waals surface area contributed by atoms with Gasteiger partial charge in [0, 0.05) is 5.56 Å². The molecule has 0 bridgehead atoms. The lowest BCUT2D eigenvalue weighted by Gasteiger charge is -2.13. The van der Waals surface area contributed by atoms with Gasteiger partial charge in [0.2, 0.25) is 0 Å². The number of benzene rings is 1. The molecular formula is C10H12BrFO2. The summed E-state index contributed by atoms with van der Waals surface area (Å²) in [4.78, 5) is 0. The number of ether oxygens (including phenoxy) is 1. The number of rotatable bonds is 3. The van der Waals surface area contributed by atoms with E-state index >= 15 is 0 Å². The second-order valence-electron chi connectivity index (χ2n) is 3.17. The maximum atomic E-state index is 13.6. The van der Waals surface area contributed by atoms with E-state index in [0.29, 0.717) is 4.47 Å². The Bertz CT molecular complexity index is 326. The van der Waals surface area contributed by atoms with Crippen molar-refractivity contribution >= 4 is 15.9 Å². The molecule has 0 heterocycles. The molecule has 0 atom stereocenters. The number of hydrogen-bond acceptors (Lipinski definition) is 2. The van der Waals surface area contributed by atoms with Gasteiger partial charge in [0.05, 0.1) is 17.2 Å². The highest BCUT2D eigenvalue weighted by atomic mass is 79.9. The van der Waals surface area contributed by atoms with Crippen LogP contribution in [0.15, 0.2) is 16.6 Å². The van der Waals surface area contributed by atoms with Crippen molar-refractivity contribution in [1.29, 1.82) is 0 Å². The second kappa shape index (κ2) is 4.75. The summed E-state index contributed by atoms with van der Waals surface area (Å²) >= 11 is 3.19.